The number of aromatic hydroxyl groups is 4. The number of phenols is 4. The fourth-order valence-corrected chi connectivity index (χ4v) is 11.5. The van der Waals surface area contributed by atoms with Gasteiger partial charge in [-0.25, -0.2) is 0 Å². The van der Waals surface area contributed by atoms with E-state index >= 15 is 19.2 Å². The summed E-state index contributed by atoms with van der Waals surface area (Å²) >= 11 is 0. The van der Waals surface area contributed by atoms with Gasteiger partial charge in [0.25, 0.3) is 0 Å². The van der Waals surface area contributed by atoms with Crippen molar-refractivity contribution in [3.63, 3.8) is 0 Å². The van der Waals surface area contributed by atoms with Crippen molar-refractivity contribution in [3.8, 4) is 23.0 Å². The zero-order chi connectivity index (χ0) is 66.3. The molecule has 0 aromatic heterocycles. The highest BCUT2D eigenvalue weighted by Crippen LogP contribution is 2.49. The average molecular weight is 1180 g/mol. The molecule has 0 heterocycles. The molecular formula is C73H108O12. The summed E-state index contributed by atoms with van der Waals surface area (Å²) in [6.45, 7) is 51.1. The van der Waals surface area contributed by atoms with Gasteiger partial charge in [0.1, 0.15) is 47.4 Å². The van der Waals surface area contributed by atoms with E-state index in [2.05, 4.69) is 0 Å². The van der Waals surface area contributed by atoms with E-state index in [4.69, 9.17) is 0 Å². The van der Waals surface area contributed by atoms with E-state index < -0.39 is 120 Å². The number of hydrogen-bond donors (Lipinski definition) is 8. The summed E-state index contributed by atoms with van der Waals surface area (Å²) in [7, 11) is 0. The van der Waals surface area contributed by atoms with Crippen LogP contribution in [0.2, 0.25) is 0 Å². The SMILES string of the molecule is CC(c1cc(C(C)(C)C)c(O)c(C(C)(C)C)c1)C(O)C(=O)C(C(=O)C(O)C(C)c1cc(C(C)(C)C)c(O)c(C(C)(C)C)c1)(C(=O)C(O)C(C)c1cc(C(C)(C)C)c(O)c(C(C)(C)C)c1)C(=O)C(O)C(C)c1cc(C(C)(C)C)c(O)c(C(C)(C)C)c1. The van der Waals surface area contributed by atoms with Crippen molar-refractivity contribution in [1.29, 1.82) is 0 Å². The maximum absolute atomic E-state index is 16.6. The summed E-state index contributed by atoms with van der Waals surface area (Å²) in [6, 6.07) is 13.0. The number of hydrogen-bond acceptors (Lipinski definition) is 12. The van der Waals surface area contributed by atoms with Crippen LogP contribution in [0.1, 0.15) is 284 Å². The number of aliphatic hydroxyl groups is 4. The van der Waals surface area contributed by atoms with Gasteiger partial charge in [0.05, 0.1) is 0 Å². The largest absolute Gasteiger partial charge is 0.507 e. The van der Waals surface area contributed by atoms with Gasteiger partial charge in [-0.3, -0.25) is 19.2 Å². The van der Waals surface area contributed by atoms with E-state index in [9.17, 15) is 40.9 Å². The second-order valence-electron chi connectivity index (χ2n) is 33.0. The summed E-state index contributed by atoms with van der Waals surface area (Å²) < 4.78 is 0. The number of carbonyl (C=O) groups excluding carboxylic acids is 4. The van der Waals surface area contributed by atoms with Crippen molar-refractivity contribution >= 4 is 23.1 Å². The molecule has 4 rings (SSSR count). The van der Waals surface area contributed by atoms with E-state index in [0.717, 1.165) is 0 Å². The van der Waals surface area contributed by atoms with E-state index in [1.165, 1.54) is 27.7 Å². The fraction of sp³-hybridized carbons (Fsp3) is 0.616. The zero-order valence-corrected chi connectivity index (χ0v) is 56.9. The van der Waals surface area contributed by atoms with Crippen LogP contribution in [0.5, 0.6) is 23.0 Å². The predicted octanol–water partition coefficient (Wildman–Crippen LogP) is 14.1. The van der Waals surface area contributed by atoms with E-state index in [0.29, 0.717) is 66.8 Å². The van der Waals surface area contributed by atoms with Gasteiger partial charge < -0.3 is 40.9 Å². The molecule has 0 saturated heterocycles. The lowest BCUT2D eigenvalue weighted by molar-refractivity contribution is -0.168. The van der Waals surface area contributed by atoms with Crippen molar-refractivity contribution in [2.45, 2.75) is 285 Å². The van der Waals surface area contributed by atoms with Crippen molar-refractivity contribution in [3.05, 3.63) is 115 Å². The molecule has 4 aromatic rings. The van der Waals surface area contributed by atoms with E-state index in [-0.39, 0.29) is 23.0 Å². The molecule has 0 spiro atoms. The van der Waals surface area contributed by atoms with Crippen LogP contribution in [0.4, 0.5) is 0 Å². The molecule has 472 valence electrons. The molecule has 12 nitrogen and oxygen atoms in total. The van der Waals surface area contributed by atoms with Crippen LogP contribution in [0, 0.1) is 5.41 Å². The second kappa shape index (κ2) is 23.9. The minimum atomic E-state index is -3.87. The molecule has 0 bridgehead atoms. The molecule has 12 heteroatoms. The summed E-state index contributed by atoms with van der Waals surface area (Å²) in [6.07, 6.45) is -9.76. The van der Waals surface area contributed by atoms with Crippen molar-refractivity contribution in [1.82, 2.24) is 0 Å². The molecule has 0 fully saturated rings. The van der Waals surface area contributed by atoms with Crippen LogP contribution in [0.3, 0.4) is 0 Å². The van der Waals surface area contributed by atoms with Gasteiger partial charge in [0, 0.05) is 23.7 Å². The van der Waals surface area contributed by atoms with Gasteiger partial charge in [-0.05, 0) is 110 Å². The zero-order valence-electron chi connectivity index (χ0n) is 56.9. The first-order valence-electron chi connectivity index (χ1n) is 30.3. The number of Topliss-reactive ketones (excluding diaryl/α,β-unsaturated/α-hetero) is 4. The molecule has 85 heavy (non-hydrogen) atoms. The predicted molar refractivity (Wildman–Crippen MR) is 342 cm³/mol. The maximum atomic E-state index is 16.6. The topological polar surface area (TPSA) is 230 Å². The number of benzene rings is 4. The first-order valence-corrected chi connectivity index (χ1v) is 30.3. The average Bonchev–Trinajstić information content (AvgIpc) is 1.40. The lowest BCUT2D eigenvalue weighted by Gasteiger charge is -2.39. The highest BCUT2D eigenvalue weighted by atomic mass is 16.3. The number of rotatable bonds is 16. The third-order valence-electron chi connectivity index (χ3n) is 17.5. The van der Waals surface area contributed by atoms with Gasteiger partial charge in [-0.15, -0.1) is 0 Å². The Hall–Kier alpha value is -5.40. The highest BCUT2D eigenvalue weighted by molar-refractivity contribution is 6.41. The molecular weight excluding hydrogens is 1070 g/mol. The second-order valence-corrected chi connectivity index (χ2v) is 33.0. The Morgan fingerprint density at radius 1 is 0.259 bits per heavy atom. The Morgan fingerprint density at radius 2 is 0.365 bits per heavy atom. The lowest BCUT2D eigenvalue weighted by atomic mass is 9.61. The van der Waals surface area contributed by atoms with Crippen LogP contribution in [0.15, 0.2) is 48.5 Å². The van der Waals surface area contributed by atoms with Crippen LogP contribution in [-0.2, 0) is 62.5 Å². The number of aliphatic hydroxyl groups excluding tert-OH is 4. The summed E-state index contributed by atoms with van der Waals surface area (Å²) in [5, 5.41) is 99.4. The molecule has 0 amide bonds. The van der Waals surface area contributed by atoms with E-state index in [1.807, 2.05) is 166 Å². The third kappa shape index (κ3) is 14.5. The first-order chi connectivity index (χ1) is 37.9. The molecule has 0 aliphatic rings. The van der Waals surface area contributed by atoms with Crippen LogP contribution in [0.25, 0.3) is 0 Å². The number of ketones is 4. The first kappa shape index (κ1) is 72.1. The minimum Gasteiger partial charge on any atom is -0.507 e. The summed E-state index contributed by atoms with van der Waals surface area (Å²) in [4.78, 5) is 66.3. The van der Waals surface area contributed by atoms with Gasteiger partial charge >= 0.3 is 0 Å². The summed E-state index contributed by atoms with van der Waals surface area (Å²) in [5.74, 6) is -12.2. The van der Waals surface area contributed by atoms with Crippen molar-refractivity contribution in [2.24, 2.45) is 5.41 Å². The highest BCUT2D eigenvalue weighted by Gasteiger charge is 2.65. The molecule has 0 radical (unpaired) electrons. The van der Waals surface area contributed by atoms with Gasteiger partial charge in [0.15, 0.2) is 23.1 Å². The Labute approximate surface area is 509 Å². The lowest BCUT2D eigenvalue weighted by Crippen LogP contribution is -2.65. The van der Waals surface area contributed by atoms with Crippen LogP contribution >= 0.6 is 0 Å². The molecule has 0 saturated carbocycles. The molecule has 4 aromatic carbocycles. The maximum Gasteiger partial charge on any atom is 0.214 e. The van der Waals surface area contributed by atoms with Crippen LogP contribution < -0.4 is 0 Å². The minimum absolute atomic E-state index is 0.00613. The normalized spacial score (nSPS) is 17.0. The standard InChI is InChI=1S/C73H108O12/c1-37(41-29-45(65(5,6)7)57(78)46(30-41)66(8,9)10)53(74)61(82)73(62(83)54(75)38(2)42-31-47(67(11,12)13)58(79)48(32-42)68(14,15)16,63(84)55(76)39(3)43-33-49(69(17,18)19)59(80)50(34-43)70(20,21)22)64(85)56(77)40(4)44-35-51(71(23,24)25)60(81)52(36-44)72(26,27)28/h29-40,53-56,74-81H,1-28H3. The molecule has 8 N–H and O–H groups in total. The number of phenolic OH excluding ortho intramolecular Hbond substituents is 4. The molecule has 0 aliphatic heterocycles. The monoisotopic (exact) mass is 1180 g/mol. The quantitative estimate of drug-likeness (QED) is 0.0490. The summed E-state index contributed by atoms with van der Waals surface area (Å²) in [5.41, 5.74) is -4.59. The Balaban J connectivity index is 2.32. The van der Waals surface area contributed by atoms with Crippen molar-refractivity contribution < 1.29 is 60.0 Å². The third-order valence-corrected chi connectivity index (χ3v) is 17.5. The van der Waals surface area contributed by atoms with Gasteiger partial charge in [-0.1, -0.05) is 242 Å². The number of carbonyl (C=O) groups is 4. The Morgan fingerprint density at radius 3 is 0.459 bits per heavy atom. The van der Waals surface area contributed by atoms with Crippen LogP contribution in [-0.4, -0.2) is 88.4 Å². The Kier molecular flexibility index (Phi) is 20.3. The molecule has 8 atom stereocenters. The van der Waals surface area contributed by atoms with Crippen molar-refractivity contribution in [2.75, 3.05) is 0 Å². The van der Waals surface area contributed by atoms with Gasteiger partial charge in [-0.2, -0.15) is 0 Å². The Bertz CT molecular complexity index is 2600. The molecule has 8 unspecified atom stereocenters. The van der Waals surface area contributed by atoms with E-state index in [1.54, 1.807) is 48.5 Å². The van der Waals surface area contributed by atoms with Gasteiger partial charge in [0.2, 0.25) is 5.41 Å². The molecule has 0 aliphatic carbocycles. The fourth-order valence-electron chi connectivity index (χ4n) is 11.5. The smallest absolute Gasteiger partial charge is 0.214 e.